The summed E-state index contributed by atoms with van der Waals surface area (Å²) >= 11 is 0. The molecule has 0 saturated heterocycles. The Morgan fingerprint density at radius 2 is 2.21 bits per heavy atom. The van der Waals surface area contributed by atoms with Crippen LogP contribution in [0.15, 0.2) is 0 Å². The highest BCUT2D eigenvalue weighted by Crippen LogP contribution is 2.20. The lowest BCUT2D eigenvalue weighted by molar-refractivity contribution is 0.303. The zero-order valence-corrected chi connectivity index (χ0v) is 12.7. The molecular formula is C14H25N5. The maximum atomic E-state index is 8.87. The molecule has 19 heavy (non-hydrogen) atoms. The quantitative estimate of drug-likeness (QED) is 0.819. The molecule has 1 aromatic heterocycles. The van der Waals surface area contributed by atoms with Crippen molar-refractivity contribution in [2.24, 2.45) is 13.0 Å². The van der Waals surface area contributed by atoms with Crippen LogP contribution in [0.2, 0.25) is 0 Å². The van der Waals surface area contributed by atoms with Gasteiger partial charge in [0, 0.05) is 32.2 Å². The zero-order chi connectivity index (χ0) is 14.4. The second kappa shape index (κ2) is 7.15. The van der Waals surface area contributed by atoms with E-state index in [0.717, 1.165) is 37.6 Å². The second-order valence-corrected chi connectivity index (χ2v) is 5.19. The van der Waals surface area contributed by atoms with E-state index < -0.39 is 0 Å². The van der Waals surface area contributed by atoms with Gasteiger partial charge in [0.05, 0.1) is 17.7 Å². The van der Waals surface area contributed by atoms with Gasteiger partial charge in [0.1, 0.15) is 5.82 Å². The van der Waals surface area contributed by atoms with E-state index >= 15 is 0 Å². The van der Waals surface area contributed by atoms with Gasteiger partial charge in [-0.25, -0.2) is 0 Å². The summed E-state index contributed by atoms with van der Waals surface area (Å²) in [5.41, 5.74) is 2.28. The molecule has 0 saturated carbocycles. The molecule has 0 aromatic carbocycles. The molecule has 1 N–H and O–H groups in total. The van der Waals surface area contributed by atoms with Crippen molar-refractivity contribution < 1.29 is 0 Å². The lowest BCUT2D eigenvalue weighted by Gasteiger charge is -2.19. The molecule has 0 aliphatic rings. The van der Waals surface area contributed by atoms with Crippen LogP contribution in [-0.2, 0) is 13.6 Å². The van der Waals surface area contributed by atoms with Crippen molar-refractivity contribution >= 4 is 5.82 Å². The fraction of sp³-hybridized carbons (Fsp3) is 0.714. The van der Waals surface area contributed by atoms with Crippen molar-refractivity contribution in [3.05, 3.63) is 11.3 Å². The maximum absolute atomic E-state index is 8.87. The van der Waals surface area contributed by atoms with Crippen LogP contribution in [0, 0.1) is 24.2 Å². The van der Waals surface area contributed by atoms with E-state index in [0.29, 0.717) is 0 Å². The van der Waals surface area contributed by atoms with E-state index in [2.05, 4.69) is 28.3 Å². The van der Waals surface area contributed by atoms with Gasteiger partial charge in [-0.3, -0.25) is 4.68 Å². The van der Waals surface area contributed by atoms with Crippen LogP contribution >= 0.6 is 0 Å². The highest BCUT2D eigenvalue weighted by Gasteiger charge is 2.15. The lowest BCUT2D eigenvalue weighted by atomic mass is 10.1. The van der Waals surface area contributed by atoms with Gasteiger partial charge in [0.2, 0.25) is 0 Å². The first kappa shape index (κ1) is 15.5. The van der Waals surface area contributed by atoms with Crippen molar-refractivity contribution in [2.75, 3.05) is 25.5 Å². The first-order valence-corrected chi connectivity index (χ1v) is 6.84. The molecule has 1 aromatic rings. The molecule has 1 atom stereocenters. The van der Waals surface area contributed by atoms with Crippen LogP contribution in [0.4, 0.5) is 5.82 Å². The van der Waals surface area contributed by atoms with Crippen molar-refractivity contribution in [2.45, 2.75) is 33.7 Å². The predicted octanol–water partition coefficient (Wildman–Crippen LogP) is 2.14. The number of hydrogen-bond donors (Lipinski definition) is 1. The van der Waals surface area contributed by atoms with E-state index in [-0.39, 0.29) is 5.92 Å². The Labute approximate surface area is 116 Å². The number of nitrogens with zero attached hydrogens (tertiary/aromatic N) is 4. The highest BCUT2D eigenvalue weighted by molar-refractivity contribution is 5.47. The summed E-state index contributed by atoms with van der Waals surface area (Å²) in [5.74, 6) is 1.14. The van der Waals surface area contributed by atoms with Crippen LogP contribution in [-0.4, -0.2) is 34.8 Å². The molecular weight excluding hydrogens is 238 g/mol. The Hall–Kier alpha value is -1.54. The fourth-order valence-corrected chi connectivity index (χ4v) is 2.20. The number of aryl methyl sites for hydroxylation is 2. The van der Waals surface area contributed by atoms with Gasteiger partial charge in [0.15, 0.2) is 0 Å². The molecule has 1 heterocycles. The first-order chi connectivity index (χ1) is 8.99. The number of nitriles is 1. The summed E-state index contributed by atoms with van der Waals surface area (Å²) in [5, 5.41) is 16.8. The van der Waals surface area contributed by atoms with Gasteiger partial charge in [-0.2, -0.15) is 10.4 Å². The van der Waals surface area contributed by atoms with Crippen molar-refractivity contribution in [3.63, 3.8) is 0 Å². The SMILES string of the molecule is CCCNc1c(CN(C)CC(C)C#N)c(C)nn1C. The van der Waals surface area contributed by atoms with Gasteiger partial charge in [-0.05, 0) is 27.3 Å². The smallest absolute Gasteiger partial charge is 0.128 e. The number of anilines is 1. The third kappa shape index (κ3) is 4.25. The normalized spacial score (nSPS) is 12.5. The molecule has 0 aliphatic carbocycles. The van der Waals surface area contributed by atoms with E-state index in [4.69, 9.17) is 5.26 Å². The second-order valence-electron chi connectivity index (χ2n) is 5.19. The topological polar surface area (TPSA) is 56.9 Å². The Morgan fingerprint density at radius 3 is 2.79 bits per heavy atom. The summed E-state index contributed by atoms with van der Waals surface area (Å²) in [4.78, 5) is 2.18. The molecule has 1 unspecified atom stereocenters. The van der Waals surface area contributed by atoms with Crippen LogP contribution in [0.25, 0.3) is 0 Å². The average Bonchev–Trinajstić information content (AvgIpc) is 2.61. The Bertz CT molecular complexity index is 443. The molecule has 5 nitrogen and oxygen atoms in total. The standard InChI is InChI=1S/C14H25N5/c1-6-7-16-14-13(12(3)17-19(14)5)10-18(4)9-11(2)8-15/h11,16H,6-7,9-10H2,1-5H3. The van der Waals surface area contributed by atoms with Crippen molar-refractivity contribution in [1.29, 1.82) is 5.26 Å². The van der Waals surface area contributed by atoms with Crippen LogP contribution in [0.1, 0.15) is 31.5 Å². The Morgan fingerprint density at radius 1 is 1.53 bits per heavy atom. The van der Waals surface area contributed by atoms with Gasteiger partial charge in [0.25, 0.3) is 0 Å². The van der Waals surface area contributed by atoms with Crippen molar-refractivity contribution in [1.82, 2.24) is 14.7 Å². The van der Waals surface area contributed by atoms with Crippen LogP contribution < -0.4 is 5.32 Å². The van der Waals surface area contributed by atoms with Gasteiger partial charge in [-0.15, -0.1) is 0 Å². The summed E-state index contributed by atoms with van der Waals surface area (Å²) in [6.45, 7) is 8.67. The van der Waals surface area contributed by atoms with E-state index in [1.165, 1.54) is 5.56 Å². The largest absolute Gasteiger partial charge is 0.370 e. The third-order valence-electron chi connectivity index (χ3n) is 3.12. The molecule has 0 bridgehead atoms. The van der Waals surface area contributed by atoms with Crippen LogP contribution in [0.3, 0.4) is 0 Å². The average molecular weight is 263 g/mol. The molecule has 0 fully saturated rings. The van der Waals surface area contributed by atoms with Gasteiger partial charge in [-0.1, -0.05) is 6.92 Å². The van der Waals surface area contributed by atoms with Gasteiger partial charge < -0.3 is 10.2 Å². The molecule has 0 amide bonds. The minimum Gasteiger partial charge on any atom is -0.370 e. The van der Waals surface area contributed by atoms with E-state index in [1.807, 2.05) is 32.6 Å². The van der Waals surface area contributed by atoms with E-state index in [9.17, 15) is 0 Å². The molecule has 106 valence electrons. The monoisotopic (exact) mass is 263 g/mol. The number of hydrogen-bond acceptors (Lipinski definition) is 4. The lowest BCUT2D eigenvalue weighted by Crippen LogP contribution is -2.24. The molecule has 0 spiro atoms. The predicted molar refractivity (Wildman–Crippen MR) is 77.8 cm³/mol. The molecule has 0 radical (unpaired) electrons. The summed E-state index contributed by atoms with van der Waals surface area (Å²) in [6, 6.07) is 2.27. The van der Waals surface area contributed by atoms with Crippen molar-refractivity contribution in [3.8, 4) is 6.07 Å². The summed E-state index contributed by atoms with van der Waals surface area (Å²) < 4.78 is 1.90. The maximum Gasteiger partial charge on any atom is 0.128 e. The Kier molecular flexibility index (Phi) is 5.84. The molecule has 1 rings (SSSR count). The number of rotatable bonds is 7. The third-order valence-corrected chi connectivity index (χ3v) is 3.12. The molecule has 5 heteroatoms. The number of aromatic nitrogens is 2. The minimum atomic E-state index is 0.0500. The summed E-state index contributed by atoms with van der Waals surface area (Å²) in [7, 11) is 4.01. The molecule has 0 aliphatic heterocycles. The fourth-order valence-electron chi connectivity index (χ4n) is 2.20. The summed E-state index contributed by atoms with van der Waals surface area (Å²) in [6.07, 6.45) is 1.09. The number of nitrogens with one attached hydrogen (secondary N) is 1. The zero-order valence-electron chi connectivity index (χ0n) is 12.7. The van der Waals surface area contributed by atoms with E-state index in [1.54, 1.807) is 0 Å². The van der Waals surface area contributed by atoms with Gasteiger partial charge >= 0.3 is 0 Å². The highest BCUT2D eigenvalue weighted by atomic mass is 15.3. The first-order valence-electron chi connectivity index (χ1n) is 6.84. The van der Waals surface area contributed by atoms with Crippen LogP contribution in [0.5, 0.6) is 0 Å². The minimum absolute atomic E-state index is 0.0500. The Balaban J connectivity index is 2.79.